The highest BCUT2D eigenvalue weighted by molar-refractivity contribution is 9.10. The number of amides is 1. The van der Waals surface area contributed by atoms with E-state index in [1.807, 2.05) is 24.3 Å². The van der Waals surface area contributed by atoms with Crippen LogP contribution in [0.25, 0.3) is 11.0 Å². The van der Waals surface area contributed by atoms with Crippen molar-refractivity contribution in [3.63, 3.8) is 0 Å². The molecule has 30 heavy (non-hydrogen) atoms. The van der Waals surface area contributed by atoms with E-state index in [1.54, 1.807) is 48.6 Å². The molecule has 0 fully saturated rings. The molecule has 1 aliphatic rings. The summed E-state index contributed by atoms with van der Waals surface area (Å²) in [6, 6.07) is 15.5. The van der Waals surface area contributed by atoms with E-state index in [0.29, 0.717) is 28.0 Å². The van der Waals surface area contributed by atoms with Crippen LogP contribution >= 0.6 is 15.9 Å². The van der Waals surface area contributed by atoms with Gasteiger partial charge in [0.15, 0.2) is 5.43 Å². The van der Waals surface area contributed by atoms with Crippen LogP contribution in [0.5, 0.6) is 5.75 Å². The van der Waals surface area contributed by atoms with Gasteiger partial charge in [0.25, 0.3) is 5.91 Å². The third kappa shape index (κ3) is 2.93. The molecule has 6 nitrogen and oxygen atoms in total. The standard InChI is InChI=1S/C23H16BrNO5/c1-28-15-5-2-4-13(10-15)20-19-21(26)17-11-14(24)7-8-18(17)30-22(19)23(27)25(20)12-16-6-3-9-29-16/h2-11,20H,12H2,1H3/t20-/m1/s1. The molecule has 1 amide bonds. The molecule has 2 aromatic carbocycles. The van der Waals surface area contributed by atoms with Crippen molar-refractivity contribution in [2.24, 2.45) is 0 Å². The molecule has 0 saturated heterocycles. The maximum Gasteiger partial charge on any atom is 0.291 e. The van der Waals surface area contributed by atoms with Crippen LogP contribution in [0.15, 0.2) is 79.0 Å². The molecular formula is C23H16BrNO5. The molecule has 2 aromatic heterocycles. The van der Waals surface area contributed by atoms with Crippen LogP contribution in [0.4, 0.5) is 0 Å². The number of hydrogen-bond donors (Lipinski definition) is 0. The molecule has 1 atom stereocenters. The van der Waals surface area contributed by atoms with Gasteiger partial charge in [-0.2, -0.15) is 0 Å². The number of rotatable bonds is 4. The Morgan fingerprint density at radius 1 is 1.10 bits per heavy atom. The summed E-state index contributed by atoms with van der Waals surface area (Å²) in [5.41, 5.74) is 1.23. The number of methoxy groups -OCH3 is 1. The van der Waals surface area contributed by atoms with Crippen molar-refractivity contribution in [1.29, 1.82) is 0 Å². The Hall–Kier alpha value is -3.32. The van der Waals surface area contributed by atoms with Crippen molar-refractivity contribution in [2.45, 2.75) is 12.6 Å². The lowest BCUT2D eigenvalue weighted by molar-refractivity contribution is 0.0701. The monoisotopic (exact) mass is 465 g/mol. The van der Waals surface area contributed by atoms with Gasteiger partial charge in [-0.25, -0.2) is 0 Å². The van der Waals surface area contributed by atoms with Gasteiger partial charge in [-0.3, -0.25) is 9.59 Å². The van der Waals surface area contributed by atoms with Crippen LogP contribution in [-0.4, -0.2) is 17.9 Å². The predicted molar refractivity (Wildman–Crippen MR) is 114 cm³/mol. The number of furan rings is 1. The zero-order valence-electron chi connectivity index (χ0n) is 15.9. The molecule has 7 heteroatoms. The number of carbonyl (C=O) groups excluding carboxylic acids is 1. The lowest BCUT2D eigenvalue weighted by atomic mass is 9.98. The summed E-state index contributed by atoms with van der Waals surface area (Å²) in [7, 11) is 1.58. The molecule has 0 N–H and O–H groups in total. The second-order valence-corrected chi connectivity index (χ2v) is 7.92. The van der Waals surface area contributed by atoms with E-state index in [2.05, 4.69) is 15.9 Å². The molecular weight excluding hydrogens is 450 g/mol. The number of fused-ring (bicyclic) bond motifs is 2. The Morgan fingerprint density at radius 3 is 2.73 bits per heavy atom. The van der Waals surface area contributed by atoms with E-state index in [-0.39, 0.29) is 23.6 Å². The number of halogens is 1. The lowest BCUT2D eigenvalue weighted by Crippen LogP contribution is -2.29. The van der Waals surface area contributed by atoms with E-state index < -0.39 is 6.04 Å². The van der Waals surface area contributed by atoms with Gasteiger partial charge in [0.05, 0.1) is 36.9 Å². The van der Waals surface area contributed by atoms with Crippen LogP contribution in [-0.2, 0) is 6.54 Å². The normalized spacial score (nSPS) is 15.6. The fourth-order valence-corrected chi connectivity index (χ4v) is 4.25. The molecule has 1 aliphatic heterocycles. The summed E-state index contributed by atoms with van der Waals surface area (Å²) in [6.07, 6.45) is 1.55. The first kappa shape index (κ1) is 18.7. The van der Waals surface area contributed by atoms with Crippen molar-refractivity contribution in [1.82, 2.24) is 4.90 Å². The van der Waals surface area contributed by atoms with Crippen molar-refractivity contribution in [3.8, 4) is 5.75 Å². The Morgan fingerprint density at radius 2 is 1.97 bits per heavy atom. The van der Waals surface area contributed by atoms with Gasteiger partial charge in [0.1, 0.15) is 17.1 Å². The smallest absolute Gasteiger partial charge is 0.291 e. The van der Waals surface area contributed by atoms with Crippen molar-refractivity contribution >= 4 is 32.8 Å². The van der Waals surface area contributed by atoms with Crippen LogP contribution in [0.3, 0.4) is 0 Å². The maximum atomic E-state index is 13.5. The highest BCUT2D eigenvalue weighted by atomic mass is 79.9. The summed E-state index contributed by atoms with van der Waals surface area (Å²) < 4.78 is 17.5. The van der Waals surface area contributed by atoms with Crippen molar-refractivity contribution in [2.75, 3.05) is 7.11 Å². The minimum Gasteiger partial charge on any atom is -0.497 e. The summed E-state index contributed by atoms with van der Waals surface area (Å²) in [4.78, 5) is 28.4. The zero-order chi connectivity index (χ0) is 20.8. The molecule has 150 valence electrons. The SMILES string of the molecule is COc1cccc([C@@H]2c3c(oc4ccc(Br)cc4c3=O)C(=O)N2Cc2ccco2)c1. The second kappa shape index (κ2) is 7.18. The summed E-state index contributed by atoms with van der Waals surface area (Å²) >= 11 is 3.40. The minimum absolute atomic E-state index is 0.0641. The van der Waals surface area contributed by atoms with E-state index >= 15 is 0 Å². The average molecular weight is 466 g/mol. The van der Waals surface area contributed by atoms with Crippen LogP contribution in [0.2, 0.25) is 0 Å². The molecule has 0 unspecified atom stereocenters. The molecule has 3 heterocycles. The Balaban J connectivity index is 1.76. The molecule has 0 aliphatic carbocycles. The molecule has 5 rings (SSSR count). The largest absolute Gasteiger partial charge is 0.497 e. The van der Waals surface area contributed by atoms with E-state index in [4.69, 9.17) is 13.6 Å². The third-order valence-corrected chi connectivity index (χ3v) is 5.74. The lowest BCUT2D eigenvalue weighted by Gasteiger charge is -2.24. The Kier molecular flexibility index (Phi) is 4.47. The highest BCUT2D eigenvalue weighted by Gasteiger charge is 2.43. The average Bonchev–Trinajstić information content (AvgIpc) is 3.36. The van der Waals surface area contributed by atoms with Gasteiger partial charge in [-0.15, -0.1) is 0 Å². The number of nitrogens with zero attached hydrogens (tertiary/aromatic N) is 1. The van der Waals surface area contributed by atoms with Gasteiger partial charge in [-0.1, -0.05) is 28.1 Å². The van der Waals surface area contributed by atoms with E-state index in [1.165, 1.54) is 0 Å². The number of benzene rings is 2. The molecule has 4 aromatic rings. The number of carbonyl (C=O) groups is 1. The quantitative estimate of drug-likeness (QED) is 0.428. The van der Waals surface area contributed by atoms with Crippen molar-refractivity contribution in [3.05, 3.63) is 98.2 Å². The third-order valence-electron chi connectivity index (χ3n) is 5.24. The van der Waals surface area contributed by atoms with Gasteiger partial charge >= 0.3 is 0 Å². The fourth-order valence-electron chi connectivity index (χ4n) is 3.88. The Labute approximate surface area is 179 Å². The van der Waals surface area contributed by atoms with Crippen LogP contribution in [0, 0.1) is 0 Å². The van der Waals surface area contributed by atoms with E-state index in [0.717, 1.165) is 10.0 Å². The Bertz CT molecular complexity index is 1330. The first-order valence-electron chi connectivity index (χ1n) is 9.30. The minimum atomic E-state index is -0.618. The summed E-state index contributed by atoms with van der Waals surface area (Å²) in [6.45, 7) is 0.206. The molecule has 0 spiro atoms. The summed E-state index contributed by atoms with van der Waals surface area (Å²) in [5.74, 6) is 0.966. The second-order valence-electron chi connectivity index (χ2n) is 7.01. The van der Waals surface area contributed by atoms with Gasteiger partial charge < -0.3 is 18.5 Å². The number of ether oxygens (including phenoxy) is 1. The maximum absolute atomic E-state index is 13.5. The molecule has 0 radical (unpaired) electrons. The highest BCUT2D eigenvalue weighted by Crippen LogP contribution is 2.40. The van der Waals surface area contributed by atoms with Gasteiger partial charge in [0.2, 0.25) is 5.76 Å². The zero-order valence-corrected chi connectivity index (χ0v) is 17.5. The first-order chi connectivity index (χ1) is 14.6. The van der Waals surface area contributed by atoms with Crippen molar-refractivity contribution < 1.29 is 18.4 Å². The molecule has 0 bridgehead atoms. The topological polar surface area (TPSA) is 72.9 Å². The fraction of sp³-hybridized carbons (Fsp3) is 0.130. The van der Waals surface area contributed by atoms with Gasteiger partial charge in [-0.05, 0) is 48.0 Å². The predicted octanol–water partition coefficient (Wildman–Crippen LogP) is 4.90. The first-order valence-corrected chi connectivity index (χ1v) is 10.1. The van der Waals surface area contributed by atoms with Gasteiger partial charge in [0, 0.05) is 4.47 Å². The molecule has 0 saturated carbocycles. The summed E-state index contributed by atoms with van der Waals surface area (Å²) in [5, 5.41) is 0.420. The number of hydrogen-bond acceptors (Lipinski definition) is 5. The van der Waals surface area contributed by atoms with Crippen LogP contribution < -0.4 is 10.2 Å². The van der Waals surface area contributed by atoms with E-state index in [9.17, 15) is 9.59 Å². The van der Waals surface area contributed by atoms with Crippen LogP contribution in [0.1, 0.15) is 33.5 Å².